The van der Waals surface area contributed by atoms with E-state index in [0.29, 0.717) is 16.8 Å². The van der Waals surface area contributed by atoms with Gasteiger partial charge in [0, 0.05) is 30.2 Å². The van der Waals surface area contributed by atoms with Gasteiger partial charge in [0.2, 0.25) is 0 Å². The van der Waals surface area contributed by atoms with Crippen LogP contribution in [0.15, 0.2) is 59.6 Å². The van der Waals surface area contributed by atoms with Crippen molar-refractivity contribution in [2.45, 2.75) is 70.4 Å². The monoisotopic (exact) mass is 587 g/mol. The van der Waals surface area contributed by atoms with Gasteiger partial charge in [0.05, 0.1) is 51.5 Å². The van der Waals surface area contributed by atoms with E-state index in [1.807, 2.05) is 43.3 Å². The fourth-order valence-electron chi connectivity index (χ4n) is 5.18. The van der Waals surface area contributed by atoms with Crippen LogP contribution in [-0.4, -0.2) is 59.8 Å². The number of carbonyl (C=O) groups excluding carboxylic acids is 1. The molecule has 0 radical (unpaired) electrons. The summed E-state index contributed by atoms with van der Waals surface area (Å²) < 4.78 is 31.6. The molecule has 9 nitrogen and oxygen atoms in total. The molecule has 5 rings (SSSR count). The molecule has 1 aromatic carbocycles. The van der Waals surface area contributed by atoms with Crippen molar-refractivity contribution in [1.82, 2.24) is 20.3 Å². The highest BCUT2D eigenvalue weighted by Crippen LogP contribution is 2.26. The lowest BCUT2D eigenvalue weighted by molar-refractivity contribution is -0.00545. The van der Waals surface area contributed by atoms with Gasteiger partial charge >= 0.3 is 0 Å². The number of aromatic nitrogens is 3. The summed E-state index contributed by atoms with van der Waals surface area (Å²) >= 11 is 0. The first-order valence-electron chi connectivity index (χ1n) is 14.2. The fraction of sp³-hybridized carbons (Fsp3) is 0.375. The van der Waals surface area contributed by atoms with E-state index in [-0.39, 0.29) is 29.6 Å². The molecule has 1 saturated heterocycles. The Labute approximate surface area is 247 Å². The molecule has 0 spiro atoms. The number of hydrogen-bond acceptors (Lipinski definition) is 8. The van der Waals surface area contributed by atoms with Crippen LogP contribution in [0.25, 0.3) is 22.3 Å². The summed E-state index contributed by atoms with van der Waals surface area (Å²) in [5.41, 5.74) is 4.60. The van der Waals surface area contributed by atoms with Crippen molar-refractivity contribution in [2.75, 3.05) is 18.0 Å². The Hall–Kier alpha value is -3.89. The minimum atomic E-state index is -3.53. The number of ether oxygens (including phenoxy) is 1. The van der Waals surface area contributed by atoms with Gasteiger partial charge in [0.15, 0.2) is 9.84 Å². The average molecular weight is 588 g/mol. The third-order valence-electron chi connectivity index (χ3n) is 7.61. The van der Waals surface area contributed by atoms with Crippen LogP contribution in [-0.2, 0) is 21.1 Å². The minimum Gasteiger partial charge on any atom is -0.372 e. The van der Waals surface area contributed by atoms with Crippen LogP contribution in [0.1, 0.15) is 54.9 Å². The summed E-state index contributed by atoms with van der Waals surface area (Å²) in [7, 11) is -3.53. The Bertz CT molecular complexity index is 1750. The number of sulfone groups is 1. The van der Waals surface area contributed by atoms with Gasteiger partial charge in [0.25, 0.3) is 5.91 Å². The first-order chi connectivity index (χ1) is 19.9. The van der Waals surface area contributed by atoms with E-state index in [2.05, 4.69) is 29.0 Å². The van der Waals surface area contributed by atoms with E-state index in [1.165, 1.54) is 6.07 Å². The van der Waals surface area contributed by atoms with Gasteiger partial charge in [-0.25, -0.2) is 18.4 Å². The van der Waals surface area contributed by atoms with Gasteiger partial charge < -0.3 is 15.0 Å². The molecule has 1 aliphatic heterocycles. The highest BCUT2D eigenvalue weighted by molar-refractivity contribution is 7.92. The van der Waals surface area contributed by atoms with Gasteiger partial charge in [-0.05, 0) is 95.1 Å². The van der Waals surface area contributed by atoms with Crippen LogP contribution in [0.2, 0.25) is 0 Å². The molecule has 1 amide bonds. The molecule has 42 heavy (non-hydrogen) atoms. The van der Waals surface area contributed by atoms with E-state index < -0.39 is 15.1 Å². The predicted molar refractivity (Wildman–Crippen MR) is 164 cm³/mol. The second-order valence-electron chi connectivity index (χ2n) is 11.3. The zero-order valence-corrected chi connectivity index (χ0v) is 25.7. The van der Waals surface area contributed by atoms with Crippen LogP contribution in [0, 0.1) is 13.8 Å². The minimum absolute atomic E-state index is 0.134. The molecule has 1 fully saturated rings. The van der Waals surface area contributed by atoms with E-state index >= 15 is 0 Å². The van der Waals surface area contributed by atoms with Gasteiger partial charge in [0.1, 0.15) is 5.82 Å². The number of benzene rings is 1. The number of amides is 1. The molecule has 10 heteroatoms. The quantitative estimate of drug-likeness (QED) is 0.320. The van der Waals surface area contributed by atoms with Crippen molar-refractivity contribution in [3.8, 4) is 11.4 Å². The summed E-state index contributed by atoms with van der Waals surface area (Å²) in [5, 5.41) is 3.17. The van der Waals surface area contributed by atoms with Crippen LogP contribution >= 0.6 is 0 Å². The molecule has 0 aliphatic carbocycles. The third kappa shape index (κ3) is 6.15. The van der Waals surface area contributed by atoms with Gasteiger partial charge in [-0.2, -0.15) is 0 Å². The maximum absolute atomic E-state index is 13.1. The van der Waals surface area contributed by atoms with Gasteiger partial charge in [-0.3, -0.25) is 9.78 Å². The van der Waals surface area contributed by atoms with Crippen molar-refractivity contribution in [1.29, 1.82) is 0 Å². The van der Waals surface area contributed by atoms with Crippen LogP contribution in [0.5, 0.6) is 0 Å². The van der Waals surface area contributed by atoms with Crippen LogP contribution in [0.4, 0.5) is 5.82 Å². The first-order valence-corrected chi connectivity index (χ1v) is 15.7. The summed E-state index contributed by atoms with van der Waals surface area (Å²) in [6.45, 7) is 12.7. The van der Waals surface area contributed by atoms with E-state index in [4.69, 9.17) is 14.7 Å². The largest absolute Gasteiger partial charge is 0.372 e. The summed E-state index contributed by atoms with van der Waals surface area (Å²) in [4.78, 5) is 29.7. The molecule has 4 aromatic rings. The zero-order valence-electron chi connectivity index (χ0n) is 24.9. The van der Waals surface area contributed by atoms with Crippen molar-refractivity contribution in [3.63, 3.8) is 0 Å². The Morgan fingerprint density at radius 3 is 2.45 bits per heavy atom. The lowest BCUT2D eigenvalue weighted by atomic mass is 10.1. The topological polar surface area (TPSA) is 114 Å². The lowest BCUT2D eigenvalue weighted by Crippen LogP contribution is -2.45. The Balaban J connectivity index is 1.35. The van der Waals surface area contributed by atoms with E-state index in [9.17, 15) is 13.2 Å². The first kappa shape index (κ1) is 29.6. The molecule has 1 N–H and O–H groups in total. The van der Waals surface area contributed by atoms with E-state index in [1.54, 1.807) is 33.0 Å². The summed E-state index contributed by atoms with van der Waals surface area (Å²) in [5.74, 6) is 0.528. The number of carbonyl (C=O) groups is 1. The number of nitrogens with zero attached hydrogens (tertiary/aromatic N) is 4. The third-order valence-corrected chi connectivity index (χ3v) is 9.89. The van der Waals surface area contributed by atoms with Gasteiger partial charge in [-0.15, -0.1) is 0 Å². The van der Waals surface area contributed by atoms with Gasteiger partial charge in [-0.1, -0.05) is 6.07 Å². The van der Waals surface area contributed by atoms with Crippen LogP contribution in [0.3, 0.4) is 0 Å². The SMILES string of the molecule is Cc1cc(C(=O)NCc2cc3nc(-c4cccc(N5C[C@@H](C)O[C@@H](C)C5)n4)ccc3cn2)cc(S(=O)(=O)C(C)C)c1C. The van der Waals surface area contributed by atoms with Crippen molar-refractivity contribution >= 4 is 32.5 Å². The van der Waals surface area contributed by atoms with Crippen LogP contribution < -0.4 is 10.2 Å². The number of rotatable bonds is 7. The Kier molecular flexibility index (Phi) is 8.30. The number of aryl methyl sites for hydroxylation is 1. The molecule has 0 bridgehead atoms. The number of hydrogen-bond donors (Lipinski definition) is 1. The molecule has 2 atom stereocenters. The number of pyridine rings is 3. The highest BCUT2D eigenvalue weighted by Gasteiger charge is 2.25. The van der Waals surface area contributed by atoms with E-state index in [0.717, 1.165) is 46.8 Å². The maximum atomic E-state index is 13.1. The molecular weight excluding hydrogens is 550 g/mol. The number of anilines is 1. The van der Waals surface area contributed by atoms with Crippen molar-refractivity contribution in [2.24, 2.45) is 0 Å². The Morgan fingerprint density at radius 1 is 1.02 bits per heavy atom. The number of nitrogens with one attached hydrogen (secondary N) is 1. The number of fused-ring (bicyclic) bond motifs is 1. The smallest absolute Gasteiger partial charge is 0.251 e. The molecule has 0 saturated carbocycles. The zero-order chi connectivity index (χ0) is 30.2. The second-order valence-corrected chi connectivity index (χ2v) is 13.8. The highest BCUT2D eigenvalue weighted by atomic mass is 32.2. The second kappa shape index (κ2) is 11.8. The molecule has 3 aromatic heterocycles. The number of morpholine rings is 1. The molecule has 0 unspecified atom stereocenters. The lowest BCUT2D eigenvalue weighted by Gasteiger charge is -2.36. The van der Waals surface area contributed by atoms with Crippen molar-refractivity contribution < 1.29 is 17.9 Å². The summed E-state index contributed by atoms with van der Waals surface area (Å²) in [6, 6.07) is 14.9. The molecule has 1 aliphatic rings. The molecule has 4 heterocycles. The Morgan fingerprint density at radius 2 is 1.74 bits per heavy atom. The standard InChI is InChI=1S/C32H37N5O4S/c1-19(2)42(39,40)30-13-25(12-20(3)23(30)6)32(38)34-16-26-14-29-24(15-33-26)10-11-28(35-29)27-8-7-9-31(36-27)37-17-21(4)41-22(5)18-37/h7-15,19,21-22H,16-18H2,1-6H3,(H,34,38)/t21-,22+. The summed E-state index contributed by atoms with van der Waals surface area (Å²) in [6.07, 6.45) is 2.00. The molecule has 220 valence electrons. The average Bonchev–Trinajstić information content (AvgIpc) is 2.96. The van der Waals surface area contributed by atoms with Crippen molar-refractivity contribution in [3.05, 3.63) is 77.1 Å². The fourth-order valence-corrected chi connectivity index (χ4v) is 6.57. The molecular formula is C32H37N5O4S. The predicted octanol–water partition coefficient (Wildman–Crippen LogP) is 5.03. The normalized spacial score (nSPS) is 17.5. The maximum Gasteiger partial charge on any atom is 0.251 e.